The summed E-state index contributed by atoms with van der Waals surface area (Å²) in [5, 5.41) is 15.5. The van der Waals surface area contributed by atoms with Crippen molar-refractivity contribution >= 4 is 33.7 Å². The predicted molar refractivity (Wildman–Crippen MR) is 106 cm³/mol. The van der Waals surface area contributed by atoms with Crippen molar-refractivity contribution in [1.82, 2.24) is 15.6 Å². The molecule has 5 nitrogen and oxygen atoms in total. The highest BCUT2D eigenvalue weighted by molar-refractivity contribution is 7.12. The number of nitrogens with zero attached hydrogens (tertiary/aromatic N) is 2. The number of nitrogens with one attached hydrogen (secondary N) is 2. The van der Waals surface area contributed by atoms with Crippen molar-refractivity contribution < 1.29 is 4.79 Å². The van der Waals surface area contributed by atoms with Gasteiger partial charge in [-0.1, -0.05) is 48.5 Å². The number of carbonyl (C=O) groups excluding carboxylic acids is 1. The summed E-state index contributed by atoms with van der Waals surface area (Å²) >= 11 is 1.58. The number of hydrogen-bond acceptors (Lipinski definition) is 4. The van der Waals surface area contributed by atoms with Gasteiger partial charge in [0.25, 0.3) is 5.91 Å². The van der Waals surface area contributed by atoms with E-state index in [1.54, 1.807) is 17.4 Å². The van der Waals surface area contributed by atoms with Gasteiger partial charge in [0.2, 0.25) is 0 Å². The molecule has 4 rings (SSSR count). The highest BCUT2D eigenvalue weighted by Gasteiger charge is 2.12. The number of hydrazone groups is 1. The smallest absolute Gasteiger partial charge is 0.272 e. The normalized spacial score (nSPS) is 11.7. The second-order valence-corrected chi connectivity index (χ2v) is 6.76. The van der Waals surface area contributed by atoms with E-state index in [2.05, 4.69) is 32.9 Å². The Labute approximate surface area is 154 Å². The lowest BCUT2D eigenvalue weighted by Gasteiger charge is -2.02. The standard InChI is InChI=1S/C20H16N4OS/c1-13(19-10-5-11-26-19)21-24-20(25)18-12-17(22-23-18)16-9-4-7-14-6-2-3-8-15(14)16/h2-12H,1H3,(H,22,23)(H,24,25)/b21-13+. The fourth-order valence-corrected chi connectivity index (χ4v) is 3.44. The third-order valence-electron chi connectivity index (χ3n) is 4.09. The highest BCUT2D eigenvalue weighted by atomic mass is 32.1. The maximum absolute atomic E-state index is 12.3. The molecule has 0 saturated heterocycles. The fraction of sp³-hybridized carbons (Fsp3) is 0.0500. The lowest BCUT2D eigenvalue weighted by molar-refractivity contribution is 0.0950. The Morgan fingerprint density at radius 2 is 1.96 bits per heavy atom. The molecule has 0 aliphatic heterocycles. The summed E-state index contributed by atoms with van der Waals surface area (Å²) in [4.78, 5) is 13.4. The monoisotopic (exact) mass is 360 g/mol. The molecular weight excluding hydrogens is 344 g/mol. The summed E-state index contributed by atoms with van der Waals surface area (Å²) in [6.07, 6.45) is 0. The van der Waals surface area contributed by atoms with E-state index in [-0.39, 0.29) is 5.91 Å². The van der Waals surface area contributed by atoms with E-state index >= 15 is 0 Å². The van der Waals surface area contributed by atoms with Crippen LogP contribution < -0.4 is 5.43 Å². The van der Waals surface area contributed by atoms with Gasteiger partial charge in [0.1, 0.15) is 5.69 Å². The average Bonchev–Trinajstić information content (AvgIpc) is 3.37. The molecule has 0 aliphatic rings. The number of carbonyl (C=O) groups is 1. The average molecular weight is 360 g/mol. The molecule has 2 aromatic heterocycles. The highest BCUT2D eigenvalue weighted by Crippen LogP contribution is 2.27. The van der Waals surface area contributed by atoms with E-state index in [9.17, 15) is 4.79 Å². The Bertz CT molecular complexity index is 1090. The Kier molecular flexibility index (Phi) is 4.33. The second kappa shape index (κ2) is 6.93. The molecule has 0 aliphatic carbocycles. The number of hydrogen-bond donors (Lipinski definition) is 2. The van der Waals surface area contributed by atoms with Crippen molar-refractivity contribution in [2.24, 2.45) is 5.10 Å². The van der Waals surface area contributed by atoms with Gasteiger partial charge in [-0.15, -0.1) is 11.3 Å². The summed E-state index contributed by atoms with van der Waals surface area (Å²) < 4.78 is 0. The van der Waals surface area contributed by atoms with Gasteiger partial charge in [0.15, 0.2) is 0 Å². The van der Waals surface area contributed by atoms with Crippen molar-refractivity contribution in [2.75, 3.05) is 0 Å². The third-order valence-corrected chi connectivity index (χ3v) is 5.07. The summed E-state index contributed by atoms with van der Waals surface area (Å²) in [5.74, 6) is -0.320. The summed E-state index contributed by atoms with van der Waals surface area (Å²) in [6.45, 7) is 1.86. The Morgan fingerprint density at radius 3 is 2.81 bits per heavy atom. The summed E-state index contributed by atoms with van der Waals surface area (Å²) in [7, 11) is 0. The molecule has 2 aromatic carbocycles. The van der Waals surface area contributed by atoms with Crippen molar-refractivity contribution in [2.45, 2.75) is 6.92 Å². The largest absolute Gasteiger partial charge is 0.289 e. The van der Waals surface area contributed by atoms with Crippen molar-refractivity contribution in [3.63, 3.8) is 0 Å². The quantitative estimate of drug-likeness (QED) is 0.417. The van der Waals surface area contributed by atoms with Crippen molar-refractivity contribution in [1.29, 1.82) is 0 Å². The van der Waals surface area contributed by atoms with Crippen LogP contribution in [0.5, 0.6) is 0 Å². The minimum absolute atomic E-state index is 0.320. The molecular formula is C20H16N4OS. The third kappa shape index (κ3) is 3.14. The zero-order valence-electron chi connectivity index (χ0n) is 14.1. The van der Waals surface area contributed by atoms with Crippen LogP contribution in [0.2, 0.25) is 0 Å². The predicted octanol–water partition coefficient (Wildman–Crippen LogP) is 4.45. The van der Waals surface area contributed by atoms with E-state index in [4.69, 9.17) is 0 Å². The van der Waals surface area contributed by atoms with Crippen LogP contribution in [-0.4, -0.2) is 21.8 Å². The van der Waals surface area contributed by atoms with Gasteiger partial charge in [0, 0.05) is 10.4 Å². The van der Waals surface area contributed by atoms with E-state index < -0.39 is 0 Å². The lowest BCUT2D eigenvalue weighted by Crippen LogP contribution is -2.19. The first-order valence-electron chi connectivity index (χ1n) is 8.14. The van der Waals surface area contributed by atoms with Gasteiger partial charge in [-0.25, -0.2) is 5.43 Å². The van der Waals surface area contributed by atoms with Crippen LogP contribution in [0.15, 0.2) is 71.1 Å². The minimum atomic E-state index is -0.320. The zero-order valence-corrected chi connectivity index (χ0v) is 14.9. The molecule has 2 heterocycles. The maximum Gasteiger partial charge on any atom is 0.289 e. The van der Waals surface area contributed by atoms with Crippen LogP contribution >= 0.6 is 11.3 Å². The molecule has 0 fully saturated rings. The van der Waals surface area contributed by atoms with Crippen molar-refractivity contribution in [3.8, 4) is 11.3 Å². The molecule has 26 heavy (non-hydrogen) atoms. The second-order valence-electron chi connectivity index (χ2n) is 5.81. The first-order valence-corrected chi connectivity index (χ1v) is 9.02. The van der Waals surface area contributed by atoms with E-state index in [1.165, 1.54) is 0 Å². The summed E-state index contributed by atoms with van der Waals surface area (Å²) in [5.41, 5.74) is 5.42. The maximum atomic E-state index is 12.3. The van der Waals surface area contributed by atoms with Crippen LogP contribution in [0.3, 0.4) is 0 Å². The Morgan fingerprint density at radius 1 is 1.12 bits per heavy atom. The van der Waals surface area contributed by atoms with Crippen LogP contribution in [0.4, 0.5) is 0 Å². The van der Waals surface area contributed by atoms with Gasteiger partial charge >= 0.3 is 0 Å². The van der Waals surface area contributed by atoms with Gasteiger partial charge < -0.3 is 0 Å². The topological polar surface area (TPSA) is 70.1 Å². The molecule has 1 amide bonds. The number of thiophene rings is 1. The van der Waals surface area contributed by atoms with Gasteiger partial charge in [0.05, 0.1) is 11.4 Å². The van der Waals surface area contributed by atoms with Crippen molar-refractivity contribution in [3.05, 3.63) is 76.6 Å². The van der Waals surface area contributed by atoms with E-state index in [0.29, 0.717) is 5.69 Å². The molecule has 0 unspecified atom stereocenters. The van der Waals surface area contributed by atoms with Crippen LogP contribution in [-0.2, 0) is 0 Å². The molecule has 6 heteroatoms. The number of rotatable bonds is 4. The molecule has 0 atom stereocenters. The molecule has 4 aromatic rings. The molecule has 0 bridgehead atoms. The zero-order chi connectivity index (χ0) is 17.9. The van der Waals surface area contributed by atoms with Crippen LogP contribution in [0.25, 0.3) is 22.0 Å². The first kappa shape index (κ1) is 16.2. The molecule has 0 saturated carbocycles. The number of fused-ring (bicyclic) bond motifs is 1. The van der Waals surface area contributed by atoms with Gasteiger partial charge in [-0.05, 0) is 35.2 Å². The number of aromatic amines is 1. The molecule has 0 radical (unpaired) electrons. The number of aromatic nitrogens is 2. The number of H-pyrrole nitrogens is 1. The molecule has 0 spiro atoms. The first-order chi connectivity index (χ1) is 12.7. The Hall–Kier alpha value is -3.25. The van der Waals surface area contributed by atoms with Crippen LogP contribution in [0, 0.1) is 0 Å². The van der Waals surface area contributed by atoms with Gasteiger partial charge in [-0.2, -0.15) is 10.2 Å². The number of amides is 1. The lowest BCUT2D eigenvalue weighted by atomic mass is 10.0. The molecule has 2 N–H and O–H groups in total. The summed E-state index contributed by atoms with van der Waals surface area (Å²) in [6, 6.07) is 19.8. The van der Waals surface area contributed by atoms with Gasteiger partial charge in [-0.3, -0.25) is 9.89 Å². The van der Waals surface area contributed by atoms with Crippen LogP contribution in [0.1, 0.15) is 22.3 Å². The van der Waals surface area contributed by atoms with E-state index in [1.807, 2.05) is 54.8 Å². The molecule has 128 valence electrons. The number of benzene rings is 2. The SMILES string of the molecule is C/C(=N\NC(=O)c1cc(-c2cccc3ccccc23)n[nH]1)c1cccs1. The minimum Gasteiger partial charge on any atom is -0.272 e. The van der Waals surface area contributed by atoms with E-state index in [0.717, 1.165) is 32.6 Å². The Balaban J connectivity index is 1.58. The fourth-order valence-electron chi connectivity index (χ4n) is 2.76.